The van der Waals surface area contributed by atoms with E-state index in [0.717, 1.165) is 19.3 Å². The van der Waals surface area contributed by atoms with Crippen LogP contribution >= 0.6 is 0 Å². The lowest BCUT2D eigenvalue weighted by Gasteiger charge is -2.00. The van der Waals surface area contributed by atoms with E-state index in [1.165, 1.54) is 64.7 Å². The molecule has 0 aliphatic carbocycles. The molecule has 20 heavy (non-hydrogen) atoms. The van der Waals surface area contributed by atoms with Crippen LogP contribution in [0.25, 0.3) is 0 Å². The fraction of sp³-hybridized carbons (Fsp3) is 0.833. The summed E-state index contributed by atoms with van der Waals surface area (Å²) in [6.45, 7) is 4.30. The highest BCUT2D eigenvalue weighted by molar-refractivity contribution is 5.65. The molecule has 0 saturated heterocycles. The van der Waals surface area contributed by atoms with Gasteiger partial charge < -0.3 is 4.74 Å². The first-order valence-electron chi connectivity index (χ1n) is 8.55. The van der Waals surface area contributed by atoms with Crippen molar-refractivity contribution in [2.45, 2.75) is 90.9 Å². The third-order valence-corrected chi connectivity index (χ3v) is 3.46. The Hall–Kier alpha value is -0.790. The van der Waals surface area contributed by atoms with Gasteiger partial charge in [-0.1, -0.05) is 64.0 Å². The van der Waals surface area contributed by atoms with E-state index >= 15 is 0 Å². The van der Waals surface area contributed by atoms with Crippen LogP contribution in [0.2, 0.25) is 0 Å². The van der Waals surface area contributed by atoms with Crippen molar-refractivity contribution in [3.8, 4) is 0 Å². The molecule has 0 bridgehead atoms. The minimum Gasteiger partial charge on any atom is -0.466 e. The van der Waals surface area contributed by atoms with Crippen molar-refractivity contribution in [1.29, 1.82) is 0 Å². The highest BCUT2D eigenvalue weighted by Crippen LogP contribution is 2.10. The highest BCUT2D eigenvalue weighted by Gasteiger charge is 1.92. The van der Waals surface area contributed by atoms with Gasteiger partial charge in [-0.3, -0.25) is 4.79 Å². The molecule has 118 valence electrons. The van der Waals surface area contributed by atoms with Crippen molar-refractivity contribution in [2.75, 3.05) is 6.61 Å². The van der Waals surface area contributed by atoms with E-state index in [1.807, 2.05) is 0 Å². The lowest BCUT2D eigenvalue weighted by Crippen LogP contribution is -1.99. The van der Waals surface area contributed by atoms with Crippen LogP contribution in [0.5, 0.6) is 0 Å². The number of hydrogen-bond donors (Lipinski definition) is 0. The molecular weight excluding hydrogens is 248 g/mol. The molecule has 0 heterocycles. The summed E-state index contributed by atoms with van der Waals surface area (Å²) >= 11 is 0. The number of esters is 1. The maximum absolute atomic E-state index is 10.5. The second kappa shape index (κ2) is 16.3. The van der Waals surface area contributed by atoms with E-state index in [0.29, 0.717) is 6.61 Å². The topological polar surface area (TPSA) is 26.3 Å². The Morgan fingerprint density at radius 3 is 1.85 bits per heavy atom. The molecule has 0 fully saturated rings. The van der Waals surface area contributed by atoms with Gasteiger partial charge in [-0.25, -0.2) is 0 Å². The van der Waals surface area contributed by atoms with Crippen molar-refractivity contribution in [3.05, 3.63) is 12.2 Å². The molecule has 0 aliphatic heterocycles. The third kappa shape index (κ3) is 17.2. The molecule has 0 aromatic heterocycles. The van der Waals surface area contributed by atoms with Gasteiger partial charge in [-0.05, 0) is 32.1 Å². The average molecular weight is 282 g/mol. The van der Waals surface area contributed by atoms with E-state index in [2.05, 4.69) is 19.1 Å². The molecule has 0 unspecified atom stereocenters. The molecular formula is C18H34O2. The minimum absolute atomic E-state index is 0.171. The molecule has 0 spiro atoms. The highest BCUT2D eigenvalue weighted by atomic mass is 16.5. The monoisotopic (exact) mass is 282 g/mol. The van der Waals surface area contributed by atoms with Crippen LogP contribution in [0.3, 0.4) is 0 Å². The summed E-state index contributed by atoms with van der Waals surface area (Å²) in [6, 6.07) is 0. The second-order valence-electron chi connectivity index (χ2n) is 5.57. The Morgan fingerprint density at radius 2 is 1.30 bits per heavy atom. The van der Waals surface area contributed by atoms with Crippen molar-refractivity contribution < 1.29 is 9.53 Å². The lowest BCUT2D eigenvalue weighted by molar-refractivity contribution is -0.141. The largest absolute Gasteiger partial charge is 0.466 e. The molecule has 2 nitrogen and oxygen atoms in total. The zero-order valence-corrected chi connectivity index (χ0v) is 13.7. The van der Waals surface area contributed by atoms with Gasteiger partial charge >= 0.3 is 5.97 Å². The van der Waals surface area contributed by atoms with Gasteiger partial charge in [-0.2, -0.15) is 0 Å². The van der Waals surface area contributed by atoms with E-state index in [4.69, 9.17) is 4.74 Å². The Kier molecular flexibility index (Phi) is 15.6. The van der Waals surface area contributed by atoms with Crippen LogP contribution in [0.1, 0.15) is 90.9 Å². The van der Waals surface area contributed by atoms with Gasteiger partial charge in [0.2, 0.25) is 0 Å². The van der Waals surface area contributed by atoms with E-state index in [-0.39, 0.29) is 5.97 Å². The maximum atomic E-state index is 10.5. The van der Waals surface area contributed by atoms with Gasteiger partial charge in [0.1, 0.15) is 0 Å². The van der Waals surface area contributed by atoms with Crippen LogP contribution in [0, 0.1) is 0 Å². The van der Waals surface area contributed by atoms with Crippen molar-refractivity contribution in [3.63, 3.8) is 0 Å². The summed E-state index contributed by atoms with van der Waals surface area (Å²) in [5.74, 6) is -0.171. The lowest BCUT2D eigenvalue weighted by atomic mass is 10.1. The molecule has 0 radical (unpaired) electrons. The first kappa shape index (κ1) is 19.2. The minimum atomic E-state index is -0.171. The van der Waals surface area contributed by atoms with E-state index in [1.54, 1.807) is 0 Å². The summed E-state index contributed by atoms with van der Waals surface area (Å²) in [7, 11) is 0. The molecule has 0 aromatic rings. The Morgan fingerprint density at radius 1 is 0.800 bits per heavy atom. The number of allylic oxidation sites excluding steroid dienone is 2. The summed E-state index contributed by atoms with van der Waals surface area (Å²) < 4.78 is 4.89. The second-order valence-corrected chi connectivity index (χ2v) is 5.57. The standard InChI is InChI=1S/C18H34O2/c1-3-4-5-6-7-8-9-10-11-12-13-14-15-16-17-20-18(2)19/h12-13H,3-11,14-17H2,1-2H3/b13-12-. The number of unbranched alkanes of at least 4 members (excludes halogenated alkanes) is 10. The molecule has 0 rings (SSSR count). The Labute approximate surface area is 126 Å². The molecule has 0 N–H and O–H groups in total. The summed E-state index contributed by atoms with van der Waals surface area (Å²) in [4.78, 5) is 10.5. The summed E-state index contributed by atoms with van der Waals surface area (Å²) in [6.07, 6.45) is 20.1. The fourth-order valence-corrected chi connectivity index (χ4v) is 2.21. The molecule has 0 saturated carbocycles. The number of hydrogen-bond acceptors (Lipinski definition) is 2. The molecule has 2 heteroatoms. The predicted octanol–water partition coefficient (Wildman–Crippen LogP) is 5.81. The van der Waals surface area contributed by atoms with Crippen LogP contribution in [-0.2, 0) is 9.53 Å². The van der Waals surface area contributed by atoms with Crippen LogP contribution < -0.4 is 0 Å². The van der Waals surface area contributed by atoms with Crippen molar-refractivity contribution in [2.24, 2.45) is 0 Å². The van der Waals surface area contributed by atoms with Gasteiger partial charge in [0.15, 0.2) is 0 Å². The molecule has 0 aromatic carbocycles. The fourth-order valence-electron chi connectivity index (χ4n) is 2.21. The van der Waals surface area contributed by atoms with Gasteiger partial charge in [0.25, 0.3) is 0 Å². The first-order chi connectivity index (χ1) is 9.77. The zero-order chi connectivity index (χ0) is 14.9. The van der Waals surface area contributed by atoms with Crippen molar-refractivity contribution in [1.82, 2.24) is 0 Å². The Balaban J connectivity index is 3.07. The quantitative estimate of drug-likeness (QED) is 0.228. The van der Waals surface area contributed by atoms with Crippen molar-refractivity contribution >= 4 is 5.97 Å². The van der Waals surface area contributed by atoms with Gasteiger partial charge in [-0.15, -0.1) is 0 Å². The summed E-state index contributed by atoms with van der Waals surface area (Å²) in [5.41, 5.74) is 0. The molecule has 0 amide bonds. The number of ether oxygens (including phenoxy) is 1. The molecule has 0 aliphatic rings. The molecule has 0 atom stereocenters. The van der Waals surface area contributed by atoms with Gasteiger partial charge in [0.05, 0.1) is 6.61 Å². The van der Waals surface area contributed by atoms with Crippen LogP contribution in [-0.4, -0.2) is 12.6 Å². The average Bonchev–Trinajstić information content (AvgIpc) is 2.43. The summed E-state index contributed by atoms with van der Waals surface area (Å²) in [5, 5.41) is 0. The Bertz CT molecular complexity index is 234. The third-order valence-electron chi connectivity index (χ3n) is 3.46. The number of rotatable bonds is 14. The smallest absolute Gasteiger partial charge is 0.302 e. The zero-order valence-electron chi connectivity index (χ0n) is 13.7. The van der Waals surface area contributed by atoms with Crippen LogP contribution in [0.4, 0.5) is 0 Å². The maximum Gasteiger partial charge on any atom is 0.302 e. The van der Waals surface area contributed by atoms with Gasteiger partial charge in [0, 0.05) is 6.92 Å². The van der Waals surface area contributed by atoms with Crippen LogP contribution in [0.15, 0.2) is 12.2 Å². The SMILES string of the molecule is CCCCCCCCCC/C=C\CCCCOC(C)=O. The van der Waals surface area contributed by atoms with E-state index < -0.39 is 0 Å². The predicted molar refractivity (Wildman–Crippen MR) is 86.9 cm³/mol. The normalized spacial score (nSPS) is 11.1. The van der Waals surface area contributed by atoms with E-state index in [9.17, 15) is 4.79 Å². The number of carbonyl (C=O) groups excluding carboxylic acids is 1. The first-order valence-corrected chi connectivity index (χ1v) is 8.55. The number of carbonyl (C=O) groups is 1.